The van der Waals surface area contributed by atoms with Crippen LogP contribution in [-0.2, 0) is 0 Å². The number of hydrogen-bond donors (Lipinski definition) is 1. The van der Waals surface area contributed by atoms with Crippen LogP contribution in [-0.4, -0.2) is 55.6 Å². The van der Waals surface area contributed by atoms with E-state index >= 15 is 0 Å². The molecule has 0 radical (unpaired) electrons. The van der Waals surface area contributed by atoms with E-state index < -0.39 is 0 Å². The van der Waals surface area contributed by atoms with Crippen molar-refractivity contribution >= 4 is 12.4 Å². The highest BCUT2D eigenvalue weighted by Crippen LogP contribution is 2.09. The molecule has 1 heterocycles. The Bertz CT molecular complexity index is 194. The summed E-state index contributed by atoms with van der Waals surface area (Å²) in [5.74, 6) is 0. The van der Waals surface area contributed by atoms with Crippen LogP contribution in [0, 0.1) is 0 Å². The van der Waals surface area contributed by atoms with Crippen LogP contribution in [0.4, 0.5) is 0 Å². The van der Waals surface area contributed by atoms with Gasteiger partial charge in [-0.1, -0.05) is 51.9 Å². The van der Waals surface area contributed by atoms with Gasteiger partial charge < -0.3 is 10.6 Å². The summed E-state index contributed by atoms with van der Waals surface area (Å²) < 4.78 is 0. The van der Waals surface area contributed by atoms with E-state index in [9.17, 15) is 0 Å². The minimum Gasteiger partial charge on any atom is -0.329 e. The largest absolute Gasteiger partial charge is 0.329 e. The predicted molar refractivity (Wildman–Crippen MR) is 91.8 cm³/mol. The second-order valence-corrected chi connectivity index (χ2v) is 5.95. The van der Waals surface area contributed by atoms with Gasteiger partial charge in [0, 0.05) is 39.3 Å². The molecule has 2 N–H and O–H groups in total. The first kappa shape index (κ1) is 20.2. The van der Waals surface area contributed by atoms with Crippen LogP contribution in [0.1, 0.15) is 58.3 Å². The molecule has 1 aliphatic heterocycles. The highest BCUT2D eigenvalue weighted by Gasteiger charge is 2.15. The van der Waals surface area contributed by atoms with Gasteiger partial charge in [0.25, 0.3) is 0 Å². The summed E-state index contributed by atoms with van der Waals surface area (Å²) in [5.41, 5.74) is 5.60. The summed E-state index contributed by atoms with van der Waals surface area (Å²) in [6.07, 6.45) is 11.4. The number of piperazine rings is 1. The lowest BCUT2D eigenvalue weighted by atomic mass is 10.1. The number of nitrogens with zero attached hydrogens (tertiary/aromatic N) is 2. The van der Waals surface area contributed by atoms with Gasteiger partial charge >= 0.3 is 0 Å². The Morgan fingerprint density at radius 1 is 0.700 bits per heavy atom. The number of unbranched alkanes of at least 4 members (excludes halogenated alkanes) is 7. The fraction of sp³-hybridized carbons (Fsp3) is 1.00. The standard InChI is InChI=1S/C16H35N3.ClH/c1-2-3-4-5-6-7-8-9-11-18-13-15-19(12-10-17)16-14-18;/h2-17H2,1H3;1H. The van der Waals surface area contributed by atoms with E-state index in [0.717, 1.165) is 13.1 Å². The van der Waals surface area contributed by atoms with Crippen molar-refractivity contribution in [2.24, 2.45) is 5.73 Å². The monoisotopic (exact) mass is 305 g/mol. The minimum atomic E-state index is 0. The Kier molecular flexibility index (Phi) is 14.2. The highest BCUT2D eigenvalue weighted by molar-refractivity contribution is 5.85. The van der Waals surface area contributed by atoms with Gasteiger partial charge in [0.05, 0.1) is 0 Å². The van der Waals surface area contributed by atoms with Crippen molar-refractivity contribution in [1.29, 1.82) is 0 Å². The average Bonchev–Trinajstić information content (AvgIpc) is 2.44. The molecule has 3 nitrogen and oxygen atoms in total. The second-order valence-electron chi connectivity index (χ2n) is 5.95. The SMILES string of the molecule is CCCCCCCCCCN1CCN(CCN)CC1.Cl. The molecule has 0 aliphatic carbocycles. The lowest BCUT2D eigenvalue weighted by molar-refractivity contribution is 0.133. The van der Waals surface area contributed by atoms with Crippen molar-refractivity contribution in [2.75, 3.05) is 45.8 Å². The van der Waals surface area contributed by atoms with Crippen molar-refractivity contribution in [2.45, 2.75) is 58.3 Å². The van der Waals surface area contributed by atoms with E-state index in [1.165, 1.54) is 84.1 Å². The molecule has 0 saturated carbocycles. The predicted octanol–water partition coefficient (Wildman–Crippen LogP) is 3.13. The summed E-state index contributed by atoms with van der Waals surface area (Å²) in [6, 6.07) is 0. The Hall–Kier alpha value is 0.170. The Labute approximate surface area is 132 Å². The maximum absolute atomic E-state index is 5.60. The molecular weight excluding hydrogens is 270 g/mol. The lowest BCUT2D eigenvalue weighted by Crippen LogP contribution is -2.47. The van der Waals surface area contributed by atoms with E-state index in [-0.39, 0.29) is 12.4 Å². The van der Waals surface area contributed by atoms with Crippen LogP contribution in [0.5, 0.6) is 0 Å². The quantitative estimate of drug-likeness (QED) is 0.595. The molecule has 0 bridgehead atoms. The third-order valence-electron chi connectivity index (χ3n) is 4.24. The third kappa shape index (κ3) is 9.98. The topological polar surface area (TPSA) is 32.5 Å². The van der Waals surface area contributed by atoms with Gasteiger partial charge in [0.2, 0.25) is 0 Å². The van der Waals surface area contributed by atoms with Crippen LogP contribution < -0.4 is 5.73 Å². The molecule has 1 fully saturated rings. The van der Waals surface area contributed by atoms with Gasteiger partial charge in [-0.25, -0.2) is 0 Å². The molecule has 0 amide bonds. The summed E-state index contributed by atoms with van der Waals surface area (Å²) in [4.78, 5) is 5.12. The highest BCUT2D eigenvalue weighted by atomic mass is 35.5. The third-order valence-corrected chi connectivity index (χ3v) is 4.24. The van der Waals surface area contributed by atoms with Crippen LogP contribution in [0.15, 0.2) is 0 Å². The number of hydrogen-bond acceptors (Lipinski definition) is 3. The van der Waals surface area contributed by atoms with E-state index in [0.29, 0.717) is 0 Å². The first-order chi connectivity index (χ1) is 9.36. The molecular formula is C16H36ClN3. The molecule has 0 spiro atoms. The average molecular weight is 306 g/mol. The van der Waals surface area contributed by atoms with Gasteiger partial charge in [0.1, 0.15) is 0 Å². The van der Waals surface area contributed by atoms with Crippen LogP contribution in [0.2, 0.25) is 0 Å². The fourth-order valence-electron chi connectivity index (χ4n) is 2.89. The summed E-state index contributed by atoms with van der Waals surface area (Å²) in [6.45, 7) is 10.4. The molecule has 1 saturated heterocycles. The summed E-state index contributed by atoms with van der Waals surface area (Å²) in [7, 11) is 0. The first-order valence-electron chi connectivity index (χ1n) is 8.51. The minimum absolute atomic E-state index is 0. The van der Waals surface area contributed by atoms with Gasteiger partial charge in [-0.3, -0.25) is 4.90 Å². The van der Waals surface area contributed by atoms with Crippen molar-refractivity contribution in [3.63, 3.8) is 0 Å². The van der Waals surface area contributed by atoms with Gasteiger partial charge in [0.15, 0.2) is 0 Å². The van der Waals surface area contributed by atoms with Crippen molar-refractivity contribution in [3.8, 4) is 0 Å². The van der Waals surface area contributed by atoms with E-state index in [2.05, 4.69) is 16.7 Å². The van der Waals surface area contributed by atoms with Crippen molar-refractivity contribution in [1.82, 2.24) is 9.80 Å². The molecule has 1 aliphatic rings. The van der Waals surface area contributed by atoms with Crippen LogP contribution >= 0.6 is 12.4 Å². The molecule has 0 aromatic carbocycles. The molecule has 20 heavy (non-hydrogen) atoms. The summed E-state index contributed by atoms with van der Waals surface area (Å²) in [5, 5.41) is 0. The maximum atomic E-state index is 5.60. The molecule has 4 heteroatoms. The number of rotatable bonds is 11. The molecule has 1 rings (SSSR count). The van der Waals surface area contributed by atoms with Gasteiger partial charge in [-0.15, -0.1) is 12.4 Å². The molecule has 0 atom stereocenters. The Balaban J connectivity index is 0.00000361. The normalized spacial score (nSPS) is 17.1. The van der Waals surface area contributed by atoms with E-state index in [1.54, 1.807) is 0 Å². The van der Waals surface area contributed by atoms with Crippen LogP contribution in [0.3, 0.4) is 0 Å². The number of nitrogens with two attached hydrogens (primary N) is 1. The zero-order valence-electron chi connectivity index (χ0n) is 13.5. The molecule has 0 aromatic rings. The Morgan fingerprint density at radius 2 is 1.15 bits per heavy atom. The smallest absolute Gasteiger partial charge is 0.0110 e. The second kappa shape index (κ2) is 14.1. The Morgan fingerprint density at radius 3 is 1.65 bits per heavy atom. The zero-order chi connectivity index (χ0) is 13.8. The lowest BCUT2D eigenvalue weighted by Gasteiger charge is -2.34. The van der Waals surface area contributed by atoms with Crippen molar-refractivity contribution < 1.29 is 0 Å². The molecule has 0 aromatic heterocycles. The van der Waals surface area contributed by atoms with E-state index in [4.69, 9.17) is 5.73 Å². The van der Waals surface area contributed by atoms with Gasteiger partial charge in [-0.2, -0.15) is 0 Å². The molecule has 122 valence electrons. The molecule has 0 unspecified atom stereocenters. The maximum Gasteiger partial charge on any atom is 0.0110 e. The summed E-state index contributed by atoms with van der Waals surface area (Å²) >= 11 is 0. The van der Waals surface area contributed by atoms with E-state index in [1.807, 2.05) is 0 Å². The first-order valence-corrected chi connectivity index (χ1v) is 8.51. The van der Waals surface area contributed by atoms with Crippen LogP contribution in [0.25, 0.3) is 0 Å². The zero-order valence-corrected chi connectivity index (χ0v) is 14.3. The fourth-order valence-corrected chi connectivity index (χ4v) is 2.89. The van der Waals surface area contributed by atoms with Crippen molar-refractivity contribution in [3.05, 3.63) is 0 Å². The number of halogens is 1. The van der Waals surface area contributed by atoms with Gasteiger partial charge in [-0.05, 0) is 13.0 Å².